The number of aromatic nitrogens is 1. The fourth-order valence-electron chi connectivity index (χ4n) is 2.78. The number of anilines is 1. The zero-order valence-corrected chi connectivity index (χ0v) is 16.7. The molecule has 1 aromatic heterocycles. The molecular weight excluding hydrogens is 362 g/mol. The second-order valence-corrected chi connectivity index (χ2v) is 7.61. The van der Waals surface area contributed by atoms with Gasteiger partial charge in [0.15, 0.2) is 5.96 Å². The van der Waals surface area contributed by atoms with Gasteiger partial charge in [-0.05, 0) is 44.0 Å². The predicted molar refractivity (Wildman–Crippen MR) is 109 cm³/mol. The molecule has 1 aromatic carbocycles. The highest BCUT2D eigenvalue weighted by Crippen LogP contribution is 2.26. The van der Waals surface area contributed by atoms with Crippen LogP contribution >= 0.6 is 11.3 Å². The van der Waals surface area contributed by atoms with Gasteiger partial charge in [-0.15, -0.1) is 11.3 Å². The summed E-state index contributed by atoms with van der Waals surface area (Å²) in [6.07, 6.45) is 1.28. The van der Waals surface area contributed by atoms with Crippen LogP contribution in [0.2, 0.25) is 0 Å². The van der Waals surface area contributed by atoms with E-state index in [2.05, 4.69) is 32.9 Å². The Balaban J connectivity index is 1.41. The lowest BCUT2D eigenvalue weighted by Crippen LogP contribution is -2.38. The number of nitrogens with zero attached hydrogens (tertiary/aromatic N) is 2. The van der Waals surface area contributed by atoms with E-state index in [9.17, 15) is 4.79 Å². The van der Waals surface area contributed by atoms with Crippen molar-refractivity contribution in [3.63, 3.8) is 0 Å². The summed E-state index contributed by atoms with van der Waals surface area (Å²) in [6.45, 7) is 5.89. The van der Waals surface area contributed by atoms with Crippen LogP contribution < -0.4 is 20.7 Å². The van der Waals surface area contributed by atoms with Gasteiger partial charge in [0.25, 0.3) is 0 Å². The highest BCUT2D eigenvalue weighted by molar-refractivity contribution is 7.11. The Morgan fingerprint density at radius 1 is 1.33 bits per heavy atom. The van der Waals surface area contributed by atoms with Crippen molar-refractivity contribution in [2.24, 2.45) is 4.99 Å². The van der Waals surface area contributed by atoms with Crippen LogP contribution in [0, 0.1) is 13.8 Å². The number of nitrogens with one attached hydrogen (secondary N) is 3. The molecule has 0 bridgehead atoms. The largest absolute Gasteiger partial charge is 0.492 e. The first-order valence-electron chi connectivity index (χ1n) is 8.98. The van der Waals surface area contributed by atoms with Crippen molar-refractivity contribution in [2.45, 2.75) is 33.2 Å². The number of hydrogen-bond acceptors (Lipinski definition) is 5. The lowest BCUT2D eigenvalue weighted by Gasteiger charge is -2.18. The number of aryl methyl sites for hydroxylation is 3. The zero-order valence-electron chi connectivity index (χ0n) is 15.9. The second-order valence-electron chi connectivity index (χ2n) is 6.32. The van der Waals surface area contributed by atoms with Gasteiger partial charge in [-0.2, -0.15) is 0 Å². The summed E-state index contributed by atoms with van der Waals surface area (Å²) in [5, 5.41) is 10.4. The Kier molecular flexibility index (Phi) is 6.28. The summed E-state index contributed by atoms with van der Waals surface area (Å²) in [4.78, 5) is 21.4. The maximum Gasteiger partial charge on any atom is 0.224 e. The van der Waals surface area contributed by atoms with E-state index in [4.69, 9.17) is 4.74 Å². The molecule has 8 heteroatoms. The van der Waals surface area contributed by atoms with Gasteiger partial charge in [-0.25, -0.2) is 4.98 Å². The number of amides is 1. The Labute approximate surface area is 163 Å². The number of fused-ring (bicyclic) bond motifs is 1. The molecule has 0 unspecified atom stereocenters. The molecule has 0 saturated heterocycles. The summed E-state index contributed by atoms with van der Waals surface area (Å²) in [5.74, 6) is 1.60. The number of carbonyl (C=O) groups excluding carboxylic acids is 1. The molecule has 27 heavy (non-hydrogen) atoms. The molecule has 1 aliphatic heterocycles. The Hall–Kier alpha value is -2.61. The van der Waals surface area contributed by atoms with Crippen LogP contribution in [0.3, 0.4) is 0 Å². The average molecular weight is 388 g/mol. The number of rotatable bonds is 6. The minimum atomic E-state index is 0.0716. The number of guanidine groups is 1. The highest BCUT2D eigenvalue weighted by atomic mass is 32.1. The minimum Gasteiger partial charge on any atom is -0.492 e. The molecule has 0 aliphatic carbocycles. The summed E-state index contributed by atoms with van der Waals surface area (Å²) in [6, 6.07) is 5.77. The van der Waals surface area contributed by atoms with E-state index < -0.39 is 0 Å². The summed E-state index contributed by atoms with van der Waals surface area (Å²) in [7, 11) is 1.74. The molecule has 0 radical (unpaired) electrons. The Morgan fingerprint density at radius 2 is 2.19 bits per heavy atom. The molecule has 7 nitrogen and oxygen atoms in total. The van der Waals surface area contributed by atoms with Gasteiger partial charge >= 0.3 is 0 Å². The molecule has 0 atom stereocenters. The summed E-state index contributed by atoms with van der Waals surface area (Å²) < 4.78 is 5.81. The fourth-order valence-corrected chi connectivity index (χ4v) is 3.66. The van der Waals surface area contributed by atoms with E-state index in [1.807, 2.05) is 25.1 Å². The van der Waals surface area contributed by atoms with Crippen molar-refractivity contribution in [3.8, 4) is 5.75 Å². The molecule has 0 fully saturated rings. The lowest BCUT2D eigenvalue weighted by atomic mass is 10.0. The predicted octanol–water partition coefficient (Wildman–Crippen LogP) is 2.39. The smallest absolute Gasteiger partial charge is 0.224 e. The Morgan fingerprint density at radius 3 is 2.93 bits per heavy atom. The molecule has 2 heterocycles. The molecule has 0 spiro atoms. The van der Waals surface area contributed by atoms with E-state index >= 15 is 0 Å². The van der Waals surface area contributed by atoms with Gasteiger partial charge in [0, 0.05) is 24.0 Å². The van der Waals surface area contributed by atoms with Crippen molar-refractivity contribution in [1.82, 2.24) is 15.6 Å². The summed E-state index contributed by atoms with van der Waals surface area (Å²) >= 11 is 1.70. The van der Waals surface area contributed by atoms with E-state index in [1.165, 1.54) is 4.88 Å². The van der Waals surface area contributed by atoms with Gasteiger partial charge in [0.2, 0.25) is 5.91 Å². The first-order chi connectivity index (χ1) is 13.0. The third-order valence-electron chi connectivity index (χ3n) is 4.34. The van der Waals surface area contributed by atoms with Gasteiger partial charge in [0.1, 0.15) is 17.4 Å². The number of aliphatic imine (C=N–C) groups is 1. The molecule has 144 valence electrons. The first-order valence-corrected chi connectivity index (χ1v) is 9.80. The van der Waals surface area contributed by atoms with Crippen molar-refractivity contribution in [1.29, 1.82) is 0 Å². The van der Waals surface area contributed by atoms with Crippen LogP contribution in [0.15, 0.2) is 23.2 Å². The second kappa shape index (κ2) is 8.85. The quantitative estimate of drug-likeness (QED) is 0.402. The maximum absolute atomic E-state index is 11.4. The molecule has 3 N–H and O–H groups in total. The van der Waals surface area contributed by atoms with Crippen molar-refractivity contribution in [3.05, 3.63) is 39.3 Å². The standard InChI is InChI=1S/C19H25N5O2S/c1-12-13(2)27-18(23-12)11-22-19(20-3)21-8-9-26-15-5-6-16-14(10-15)4-7-17(25)24-16/h5-6,10H,4,7-9,11H2,1-3H3,(H,24,25)(H2,20,21,22). The molecule has 1 aliphatic rings. The maximum atomic E-state index is 11.4. The topological polar surface area (TPSA) is 87.6 Å². The van der Waals surface area contributed by atoms with Crippen LogP contribution in [-0.4, -0.2) is 37.1 Å². The number of ether oxygens (including phenoxy) is 1. The molecule has 3 rings (SSSR count). The van der Waals surface area contributed by atoms with Gasteiger partial charge in [0.05, 0.1) is 18.8 Å². The first kappa shape index (κ1) is 19.2. The third-order valence-corrected chi connectivity index (χ3v) is 5.41. The van der Waals surface area contributed by atoms with Gasteiger partial charge < -0.3 is 20.7 Å². The number of benzene rings is 1. The van der Waals surface area contributed by atoms with Crippen molar-refractivity contribution in [2.75, 3.05) is 25.5 Å². The minimum absolute atomic E-state index is 0.0716. The lowest BCUT2D eigenvalue weighted by molar-refractivity contribution is -0.116. The van der Waals surface area contributed by atoms with Crippen LogP contribution in [-0.2, 0) is 17.8 Å². The van der Waals surface area contributed by atoms with Gasteiger partial charge in [-0.1, -0.05) is 0 Å². The van der Waals surface area contributed by atoms with Gasteiger partial charge in [-0.3, -0.25) is 9.79 Å². The van der Waals surface area contributed by atoms with E-state index in [0.717, 1.165) is 40.1 Å². The SMILES string of the molecule is CN=C(NCCOc1ccc2c(c1)CCC(=O)N2)NCc1nc(C)c(C)s1. The molecular formula is C19H25N5O2S. The monoisotopic (exact) mass is 387 g/mol. The third kappa shape index (κ3) is 5.19. The van der Waals surface area contributed by atoms with Crippen molar-refractivity contribution >= 4 is 28.9 Å². The fraction of sp³-hybridized carbons (Fsp3) is 0.421. The zero-order chi connectivity index (χ0) is 19.2. The van der Waals surface area contributed by atoms with Crippen LogP contribution in [0.25, 0.3) is 0 Å². The van der Waals surface area contributed by atoms with Crippen molar-refractivity contribution < 1.29 is 9.53 Å². The molecule has 2 aromatic rings. The number of hydrogen-bond donors (Lipinski definition) is 3. The highest BCUT2D eigenvalue weighted by Gasteiger charge is 2.15. The van der Waals surface area contributed by atoms with E-state index in [0.29, 0.717) is 26.1 Å². The number of carbonyl (C=O) groups is 1. The molecule has 1 amide bonds. The van der Waals surface area contributed by atoms with Crippen LogP contribution in [0.5, 0.6) is 5.75 Å². The van der Waals surface area contributed by atoms with E-state index in [-0.39, 0.29) is 5.91 Å². The van der Waals surface area contributed by atoms with Crippen LogP contribution in [0.4, 0.5) is 5.69 Å². The normalized spacial score (nSPS) is 13.7. The average Bonchev–Trinajstić information content (AvgIpc) is 2.99. The summed E-state index contributed by atoms with van der Waals surface area (Å²) in [5.41, 5.74) is 3.08. The van der Waals surface area contributed by atoms with Crippen LogP contribution in [0.1, 0.15) is 27.6 Å². The van der Waals surface area contributed by atoms with E-state index in [1.54, 1.807) is 18.4 Å². The molecule has 0 saturated carbocycles. The Bertz CT molecular complexity index is 827. The number of thiazole rings is 1.